The van der Waals surface area contributed by atoms with E-state index in [0.717, 1.165) is 28.9 Å². The predicted octanol–water partition coefficient (Wildman–Crippen LogP) is 4.89. The molecule has 0 bridgehead atoms. The summed E-state index contributed by atoms with van der Waals surface area (Å²) in [5, 5.41) is 6.59. The molecule has 0 amide bonds. The molecule has 0 aliphatic rings. The molecule has 2 rings (SSSR count). The lowest BCUT2D eigenvalue weighted by molar-refractivity contribution is 0.740. The van der Waals surface area contributed by atoms with Crippen molar-refractivity contribution in [3.8, 4) is 0 Å². The lowest BCUT2D eigenvalue weighted by atomic mass is 10.2. The molecule has 1 aromatic carbocycles. The molecule has 1 aromatic heterocycles. The van der Waals surface area contributed by atoms with Gasteiger partial charge in [0.2, 0.25) is 5.95 Å². The van der Waals surface area contributed by atoms with Crippen LogP contribution in [0.2, 0.25) is 0 Å². The first-order valence-electron chi connectivity index (χ1n) is 7.29. The third-order valence-electron chi connectivity index (χ3n) is 3.17. The molecule has 2 N–H and O–H groups in total. The Hall–Kier alpha value is -1.62. The van der Waals surface area contributed by atoms with Crippen LogP contribution < -0.4 is 10.6 Å². The normalized spacial score (nSPS) is 10.4. The maximum Gasteiger partial charge on any atom is 0.224 e. The molecule has 2 aromatic rings. The lowest BCUT2D eigenvalue weighted by Crippen LogP contribution is -2.06. The molecule has 112 valence electrons. The van der Waals surface area contributed by atoms with Gasteiger partial charge in [0, 0.05) is 22.9 Å². The van der Waals surface area contributed by atoms with Crippen LogP contribution in [-0.4, -0.2) is 16.5 Å². The van der Waals surface area contributed by atoms with Gasteiger partial charge >= 0.3 is 0 Å². The highest BCUT2D eigenvalue weighted by atomic mass is 79.9. The minimum Gasteiger partial charge on any atom is -0.354 e. The third-order valence-corrected chi connectivity index (χ3v) is 3.66. The largest absolute Gasteiger partial charge is 0.354 e. The van der Waals surface area contributed by atoms with Crippen LogP contribution in [0.25, 0.3) is 0 Å². The first-order chi connectivity index (χ1) is 10.2. The maximum atomic E-state index is 4.48. The highest BCUT2D eigenvalue weighted by Gasteiger charge is 2.02. The minimum atomic E-state index is 0.672. The summed E-state index contributed by atoms with van der Waals surface area (Å²) >= 11 is 3.47. The summed E-state index contributed by atoms with van der Waals surface area (Å²) in [6.07, 6.45) is 5.35. The van der Waals surface area contributed by atoms with Crippen molar-refractivity contribution in [3.05, 3.63) is 40.5 Å². The Morgan fingerprint density at radius 1 is 1.19 bits per heavy atom. The van der Waals surface area contributed by atoms with Crippen LogP contribution in [0.15, 0.2) is 34.9 Å². The smallest absolute Gasteiger partial charge is 0.224 e. The molecule has 0 saturated heterocycles. The SMILES string of the molecule is CCCCCNc1nccc(Nc2ccc(Br)cc2C)n1. The van der Waals surface area contributed by atoms with Crippen LogP contribution in [0.4, 0.5) is 17.5 Å². The van der Waals surface area contributed by atoms with E-state index < -0.39 is 0 Å². The molecule has 0 unspecified atom stereocenters. The summed E-state index contributed by atoms with van der Waals surface area (Å²) in [7, 11) is 0. The highest BCUT2D eigenvalue weighted by Crippen LogP contribution is 2.23. The summed E-state index contributed by atoms with van der Waals surface area (Å²) in [6.45, 7) is 5.17. The minimum absolute atomic E-state index is 0.672. The zero-order chi connectivity index (χ0) is 15.1. The summed E-state index contributed by atoms with van der Waals surface area (Å²) in [5.74, 6) is 1.47. The average molecular weight is 349 g/mol. The second-order valence-electron chi connectivity index (χ2n) is 4.98. The van der Waals surface area contributed by atoms with Gasteiger partial charge in [0.1, 0.15) is 5.82 Å². The van der Waals surface area contributed by atoms with E-state index in [-0.39, 0.29) is 0 Å². The monoisotopic (exact) mass is 348 g/mol. The topological polar surface area (TPSA) is 49.8 Å². The molecule has 0 spiro atoms. The number of aryl methyl sites for hydroxylation is 1. The second-order valence-corrected chi connectivity index (χ2v) is 5.90. The van der Waals surface area contributed by atoms with E-state index in [1.165, 1.54) is 18.4 Å². The van der Waals surface area contributed by atoms with E-state index in [4.69, 9.17) is 0 Å². The van der Waals surface area contributed by atoms with E-state index in [1.54, 1.807) is 6.20 Å². The summed E-state index contributed by atoms with van der Waals surface area (Å²) in [6, 6.07) is 8.00. The lowest BCUT2D eigenvalue weighted by Gasteiger charge is -2.10. The van der Waals surface area contributed by atoms with Gasteiger partial charge in [-0.05, 0) is 43.2 Å². The number of aromatic nitrogens is 2. The van der Waals surface area contributed by atoms with Crippen molar-refractivity contribution in [2.75, 3.05) is 17.2 Å². The summed E-state index contributed by atoms with van der Waals surface area (Å²) in [4.78, 5) is 8.73. The maximum absolute atomic E-state index is 4.48. The van der Waals surface area contributed by atoms with Crippen LogP contribution >= 0.6 is 15.9 Å². The van der Waals surface area contributed by atoms with Gasteiger partial charge in [-0.15, -0.1) is 0 Å². The van der Waals surface area contributed by atoms with Crippen molar-refractivity contribution in [3.63, 3.8) is 0 Å². The van der Waals surface area contributed by atoms with E-state index in [9.17, 15) is 0 Å². The number of hydrogen-bond acceptors (Lipinski definition) is 4. The number of nitrogens with one attached hydrogen (secondary N) is 2. The van der Waals surface area contributed by atoms with Crippen molar-refractivity contribution >= 4 is 33.4 Å². The van der Waals surface area contributed by atoms with Crippen LogP contribution in [0.1, 0.15) is 31.7 Å². The van der Waals surface area contributed by atoms with Crippen molar-refractivity contribution in [1.82, 2.24) is 9.97 Å². The Morgan fingerprint density at radius 3 is 2.81 bits per heavy atom. The van der Waals surface area contributed by atoms with Gasteiger partial charge in [0.15, 0.2) is 0 Å². The van der Waals surface area contributed by atoms with Gasteiger partial charge in [-0.1, -0.05) is 35.7 Å². The number of benzene rings is 1. The van der Waals surface area contributed by atoms with Gasteiger partial charge in [0.25, 0.3) is 0 Å². The zero-order valence-corrected chi connectivity index (χ0v) is 14.1. The first-order valence-corrected chi connectivity index (χ1v) is 8.08. The Balaban J connectivity index is 2.00. The first kappa shape index (κ1) is 15.8. The third kappa shape index (κ3) is 5.01. The molecule has 0 fully saturated rings. The van der Waals surface area contributed by atoms with E-state index in [0.29, 0.717) is 5.95 Å². The van der Waals surface area contributed by atoms with Crippen molar-refractivity contribution in [2.24, 2.45) is 0 Å². The quantitative estimate of drug-likeness (QED) is 0.699. The number of unbranched alkanes of at least 4 members (excludes halogenated alkanes) is 2. The van der Waals surface area contributed by atoms with Crippen molar-refractivity contribution in [2.45, 2.75) is 33.1 Å². The fourth-order valence-corrected chi connectivity index (χ4v) is 2.47. The Kier molecular flexibility index (Phi) is 5.99. The number of rotatable bonds is 7. The van der Waals surface area contributed by atoms with Crippen molar-refractivity contribution < 1.29 is 0 Å². The van der Waals surface area contributed by atoms with E-state index in [1.807, 2.05) is 18.2 Å². The van der Waals surface area contributed by atoms with Crippen LogP contribution in [-0.2, 0) is 0 Å². The molecule has 5 heteroatoms. The fraction of sp³-hybridized carbons (Fsp3) is 0.375. The number of nitrogens with zero attached hydrogens (tertiary/aromatic N) is 2. The molecular formula is C16H21BrN4. The number of halogens is 1. The summed E-state index contributed by atoms with van der Waals surface area (Å²) < 4.78 is 1.08. The average Bonchev–Trinajstić information content (AvgIpc) is 2.47. The predicted molar refractivity (Wildman–Crippen MR) is 92.2 cm³/mol. The Morgan fingerprint density at radius 2 is 2.05 bits per heavy atom. The molecule has 0 atom stereocenters. The van der Waals surface area contributed by atoms with E-state index >= 15 is 0 Å². The molecule has 21 heavy (non-hydrogen) atoms. The highest BCUT2D eigenvalue weighted by molar-refractivity contribution is 9.10. The van der Waals surface area contributed by atoms with Gasteiger partial charge in [0.05, 0.1) is 0 Å². The zero-order valence-electron chi connectivity index (χ0n) is 12.5. The molecule has 0 aliphatic heterocycles. The Bertz CT molecular complexity index is 586. The van der Waals surface area contributed by atoms with Crippen LogP contribution in [0, 0.1) is 6.92 Å². The number of hydrogen-bond donors (Lipinski definition) is 2. The Labute approximate surface area is 134 Å². The molecule has 4 nitrogen and oxygen atoms in total. The molecule has 1 heterocycles. The van der Waals surface area contributed by atoms with Gasteiger partial charge in [-0.25, -0.2) is 4.98 Å². The van der Waals surface area contributed by atoms with Crippen LogP contribution in [0.5, 0.6) is 0 Å². The van der Waals surface area contributed by atoms with E-state index in [2.05, 4.69) is 56.4 Å². The molecular weight excluding hydrogens is 328 g/mol. The molecule has 0 aliphatic carbocycles. The van der Waals surface area contributed by atoms with Crippen LogP contribution in [0.3, 0.4) is 0 Å². The summed E-state index contributed by atoms with van der Waals surface area (Å²) in [5.41, 5.74) is 2.22. The molecule has 0 saturated carbocycles. The standard InChI is InChI=1S/C16H21BrN4/c1-3-4-5-9-18-16-19-10-8-15(21-16)20-14-7-6-13(17)11-12(14)2/h6-8,10-11H,3-5,9H2,1-2H3,(H2,18,19,20,21). The van der Waals surface area contributed by atoms with Gasteiger partial charge in [-0.3, -0.25) is 0 Å². The van der Waals surface area contributed by atoms with Crippen molar-refractivity contribution in [1.29, 1.82) is 0 Å². The number of anilines is 3. The van der Waals surface area contributed by atoms with Gasteiger partial charge < -0.3 is 10.6 Å². The molecule has 0 radical (unpaired) electrons. The van der Waals surface area contributed by atoms with Gasteiger partial charge in [-0.2, -0.15) is 4.98 Å². The second kappa shape index (κ2) is 7.98. The fourth-order valence-electron chi connectivity index (χ4n) is 1.99.